The van der Waals surface area contributed by atoms with Gasteiger partial charge in [-0.15, -0.1) is 12.4 Å². The molecule has 1 atom stereocenters. The summed E-state index contributed by atoms with van der Waals surface area (Å²) >= 11 is 0. The van der Waals surface area contributed by atoms with Gasteiger partial charge in [0, 0.05) is 23.0 Å². The molecule has 0 amide bonds. The SMILES string of the molecule is Cl.O=C(OC1CCc2[nH]c3ccccc3c2C1)c1ccccc1. The number of ether oxygens (including phenoxy) is 1. The van der Waals surface area contributed by atoms with Crippen LogP contribution >= 0.6 is 12.4 Å². The smallest absolute Gasteiger partial charge is 0.338 e. The van der Waals surface area contributed by atoms with Crippen LogP contribution in [0.3, 0.4) is 0 Å². The van der Waals surface area contributed by atoms with E-state index in [4.69, 9.17) is 4.74 Å². The highest BCUT2D eigenvalue weighted by molar-refractivity contribution is 5.89. The van der Waals surface area contributed by atoms with Gasteiger partial charge in [-0.05, 0) is 36.6 Å². The molecule has 3 nitrogen and oxygen atoms in total. The molecule has 0 spiro atoms. The second-order valence-electron chi connectivity index (χ2n) is 5.76. The molecule has 1 N–H and O–H groups in total. The van der Waals surface area contributed by atoms with Gasteiger partial charge < -0.3 is 9.72 Å². The number of esters is 1. The van der Waals surface area contributed by atoms with Crippen molar-refractivity contribution in [1.82, 2.24) is 4.98 Å². The number of para-hydroxylation sites is 1. The fourth-order valence-electron chi connectivity index (χ4n) is 3.23. The minimum absolute atomic E-state index is 0. The second kappa shape index (κ2) is 6.47. The Morgan fingerprint density at radius 3 is 2.61 bits per heavy atom. The Kier molecular flexibility index (Phi) is 4.39. The van der Waals surface area contributed by atoms with Gasteiger partial charge >= 0.3 is 5.97 Å². The van der Waals surface area contributed by atoms with E-state index in [0.29, 0.717) is 5.56 Å². The number of H-pyrrole nitrogens is 1. The van der Waals surface area contributed by atoms with Crippen LogP contribution in [0.5, 0.6) is 0 Å². The molecule has 0 fully saturated rings. The molecule has 0 saturated carbocycles. The predicted octanol–water partition coefficient (Wildman–Crippen LogP) is 4.30. The standard InChI is InChI=1S/C19H17NO2.ClH/c21-19(13-6-2-1-3-7-13)22-14-10-11-18-16(12-14)15-8-4-5-9-17(15)20-18;/h1-9,14,20H,10-12H2;1H. The summed E-state index contributed by atoms with van der Waals surface area (Å²) < 4.78 is 5.70. The zero-order valence-electron chi connectivity index (χ0n) is 12.6. The van der Waals surface area contributed by atoms with Crippen molar-refractivity contribution in [3.8, 4) is 0 Å². The van der Waals surface area contributed by atoms with Crippen LogP contribution in [0, 0.1) is 0 Å². The topological polar surface area (TPSA) is 42.1 Å². The molecule has 0 saturated heterocycles. The van der Waals surface area contributed by atoms with Crippen molar-refractivity contribution in [1.29, 1.82) is 0 Å². The summed E-state index contributed by atoms with van der Waals surface area (Å²) in [5, 5.41) is 1.25. The quantitative estimate of drug-likeness (QED) is 0.713. The molecule has 0 bridgehead atoms. The number of aromatic amines is 1. The lowest BCUT2D eigenvalue weighted by atomic mass is 9.93. The molecule has 2 aromatic carbocycles. The first-order valence-corrected chi connectivity index (χ1v) is 7.66. The van der Waals surface area contributed by atoms with Crippen molar-refractivity contribution in [3.63, 3.8) is 0 Å². The van der Waals surface area contributed by atoms with Crippen molar-refractivity contribution in [2.75, 3.05) is 0 Å². The van der Waals surface area contributed by atoms with E-state index < -0.39 is 0 Å². The van der Waals surface area contributed by atoms with E-state index in [-0.39, 0.29) is 24.5 Å². The predicted molar refractivity (Wildman–Crippen MR) is 93.2 cm³/mol. The zero-order valence-corrected chi connectivity index (χ0v) is 13.4. The number of rotatable bonds is 2. The second-order valence-corrected chi connectivity index (χ2v) is 5.76. The number of carbonyl (C=O) groups is 1. The molecule has 0 aliphatic heterocycles. The molecule has 4 rings (SSSR count). The van der Waals surface area contributed by atoms with E-state index in [2.05, 4.69) is 23.2 Å². The van der Waals surface area contributed by atoms with Crippen LogP contribution in [0.25, 0.3) is 10.9 Å². The number of hydrogen-bond donors (Lipinski definition) is 1. The molecule has 118 valence electrons. The minimum Gasteiger partial charge on any atom is -0.458 e. The maximum absolute atomic E-state index is 12.2. The zero-order chi connectivity index (χ0) is 14.9. The summed E-state index contributed by atoms with van der Waals surface area (Å²) in [6.07, 6.45) is 2.55. The monoisotopic (exact) mass is 327 g/mol. The Bertz CT molecular complexity index is 826. The summed E-state index contributed by atoms with van der Waals surface area (Å²) in [4.78, 5) is 15.7. The van der Waals surface area contributed by atoms with Crippen LogP contribution in [0.2, 0.25) is 0 Å². The molecule has 23 heavy (non-hydrogen) atoms. The van der Waals surface area contributed by atoms with E-state index in [1.807, 2.05) is 24.3 Å². The van der Waals surface area contributed by atoms with E-state index in [9.17, 15) is 4.79 Å². The van der Waals surface area contributed by atoms with E-state index in [0.717, 1.165) is 19.3 Å². The highest BCUT2D eigenvalue weighted by atomic mass is 35.5. The molecule has 3 aromatic rings. The van der Waals surface area contributed by atoms with Crippen molar-refractivity contribution >= 4 is 29.3 Å². The third-order valence-electron chi connectivity index (χ3n) is 4.33. The highest BCUT2D eigenvalue weighted by Gasteiger charge is 2.25. The maximum Gasteiger partial charge on any atom is 0.338 e. The molecular formula is C19H18ClNO2. The summed E-state index contributed by atoms with van der Waals surface area (Å²) in [6.45, 7) is 0. The number of aryl methyl sites for hydroxylation is 1. The minimum atomic E-state index is -0.228. The molecule has 1 unspecified atom stereocenters. The molecule has 1 aliphatic rings. The van der Waals surface area contributed by atoms with E-state index in [1.54, 1.807) is 12.1 Å². The van der Waals surface area contributed by atoms with Crippen LogP contribution in [0.15, 0.2) is 54.6 Å². The van der Waals surface area contributed by atoms with Crippen LogP contribution < -0.4 is 0 Å². The third-order valence-corrected chi connectivity index (χ3v) is 4.33. The average molecular weight is 328 g/mol. The van der Waals surface area contributed by atoms with Crippen molar-refractivity contribution in [2.45, 2.75) is 25.4 Å². The van der Waals surface area contributed by atoms with Gasteiger partial charge in [-0.2, -0.15) is 0 Å². The number of hydrogen-bond acceptors (Lipinski definition) is 2. The summed E-state index contributed by atoms with van der Waals surface area (Å²) in [6, 6.07) is 17.5. The molecule has 1 aromatic heterocycles. The van der Waals surface area contributed by atoms with Crippen LogP contribution in [-0.4, -0.2) is 17.1 Å². The van der Waals surface area contributed by atoms with Gasteiger partial charge in [0.05, 0.1) is 5.56 Å². The van der Waals surface area contributed by atoms with E-state index in [1.165, 1.54) is 22.2 Å². The summed E-state index contributed by atoms with van der Waals surface area (Å²) in [7, 11) is 0. The molecule has 0 radical (unpaired) electrons. The van der Waals surface area contributed by atoms with Crippen molar-refractivity contribution in [2.24, 2.45) is 0 Å². The lowest BCUT2D eigenvalue weighted by Gasteiger charge is -2.22. The Hall–Kier alpha value is -2.26. The largest absolute Gasteiger partial charge is 0.458 e. The normalized spacial score (nSPS) is 16.4. The van der Waals surface area contributed by atoms with E-state index >= 15 is 0 Å². The number of halogens is 1. The van der Waals surface area contributed by atoms with Gasteiger partial charge in [-0.1, -0.05) is 36.4 Å². The third kappa shape index (κ3) is 2.97. The first kappa shape index (κ1) is 15.6. The number of carbonyl (C=O) groups excluding carboxylic acids is 1. The molecule has 4 heteroatoms. The van der Waals surface area contributed by atoms with Gasteiger partial charge in [0.25, 0.3) is 0 Å². The van der Waals surface area contributed by atoms with Gasteiger partial charge in [-0.25, -0.2) is 4.79 Å². The van der Waals surface area contributed by atoms with Crippen LogP contribution in [0.1, 0.15) is 28.0 Å². The number of aromatic nitrogens is 1. The first-order valence-electron chi connectivity index (χ1n) is 7.66. The first-order chi connectivity index (χ1) is 10.8. The Labute approximate surface area is 141 Å². The Morgan fingerprint density at radius 2 is 1.78 bits per heavy atom. The van der Waals surface area contributed by atoms with Crippen molar-refractivity contribution < 1.29 is 9.53 Å². The average Bonchev–Trinajstić information content (AvgIpc) is 2.94. The summed E-state index contributed by atoms with van der Waals surface area (Å²) in [5.41, 5.74) is 4.37. The van der Waals surface area contributed by atoms with Gasteiger partial charge in [0.1, 0.15) is 6.10 Å². The fraction of sp³-hybridized carbons (Fsp3) is 0.211. The lowest BCUT2D eigenvalue weighted by Crippen LogP contribution is -2.25. The van der Waals surface area contributed by atoms with Crippen molar-refractivity contribution in [3.05, 3.63) is 71.4 Å². The molecular weight excluding hydrogens is 310 g/mol. The van der Waals surface area contributed by atoms with Crippen LogP contribution in [0.4, 0.5) is 0 Å². The maximum atomic E-state index is 12.2. The number of fused-ring (bicyclic) bond motifs is 3. The molecule has 1 aliphatic carbocycles. The molecule has 1 heterocycles. The fourth-order valence-corrected chi connectivity index (χ4v) is 3.23. The lowest BCUT2D eigenvalue weighted by molar-refractivity contribution is 0.0271. The van der Waals surface area contributed by atoms with Gasteiger partial charge in [0.15, 0.2) is 0 Å². The Balaban J connectivity index is 0.00000156. The summed E-state index contributed by atoms with van der Waals surface area (Å²) in [5.74, 6) is -0.228. The number of nitrogens with one attached hydrogen (secondary N) is 1. The Morgan fingerprint density at radius 1 is 1.04 bits per heavy atom. The van der Waals surface area contributed by atoms with Crippen LogP contribution in [-0.2, 0) is 17.6 Å². The number of benzene rings is 2. The highest BCUT2D eigenvalue weighted by Crippen LogP contribution is 2.30. The van der Waals surface area contributed by atoms with Gasteiger partial charge in [-0.3, -0.25) is 0 Å². The van der Waals surface area contributed by atoms with Gasteiger partial charge in [0.2, 0.25) is 0 Å².